The Balaban J connectivity index is 1.60. The zero-order chi connectivity index (χ0) is 17.8. The third-order valence-corrected chi connectivity index (χ3v) is 4.56. The molecular weight excluding hydrogens is 363 g/mol. The van der Waals surface area contributed by atoms with Gasteiger partial charge >= 0.3 is 11.8 Å². The molecule has 25 heavy (non-hydrogen) atoms. The summed E-state index contributed by atoms with van der Waals surface area (Å²) in [6, 6.07) is 12.5. The van der Waals surface area contributed by atoms with Crippen molar-refractivity contribution in [1.29, 1.82) is 0 Å². The number of unbranched alkanes of at least 4 members (excludes halogenated alkanes) is 1. The average molecular weight is 379 g/mol. The van der Waals surface area contributed by atoms with E-state index in [2.05, 4.69) is 17.4 Å². The Bertz CT molecular complexity index is 948. The summed E-state index contributed by atoms with van der Waals surface area (Å²) < 4.78 is 5.97. The van der Waals surface area contributed by atoms with Gasteiger partial charge < -0.3 is 9.73 Å². The van der Waals surface area contributed by atoms with Crippen molar-refractivity contribution in [2.24, 2.45) is 0 Å². The molecule has 130 valence electrons. The van der Waals surface area contributed by atoms with E-state index in [-0.39, 0.29) is 15.6 Å². The number of hydrogen-bond acceptors (Lipinski definition) is 3. The van der Waals surface area contributed by atoms with E-state index < -0.39 is 11.8 Å². The molecule has 1 amide bonds. The van der Waals surface area contributed by atoms with Gasteiger partial charge in [0.1, 0.15) is 5.52 Å². The largest absolute Gasteiger partial charge is 0.428 e. The van der Waals surface area contributed by atoms with E-state index >= 15 is 0 Å². The first kappa shape index (κ1) is 17.6. The fourth-order valence-corrected chi connectivity index (χ4v) is 2.89. The zero-order valence-corrected chi connectivity index (χ0v) is 14.8. The zero-order valence-electron chi connectivity index (χ0n) is 13.3. The van der Waals surface area contributed by atoms with Crippen molar-refractivity contribution in [3.8, 4) is 0 Å². The Morgan fingerprint density at radius 3 is 2.56 bits per heavy atom. The smallest absolute Gasteiger partial charge is 0.407 e. The number of nitrogens with zero attached hydrogens (tertiary/aromatic N) is 1. The van der Waals surface area contributed by atoms with E-state index in [1.807, 2.05) is 18.2 Å². The molecule has 1 N–H and O–H groups in total. The van der Waals surface area contributed by atoms with E-state index in [9.17, 15) is 9.59 Å². The highest BCUT2D eigenvalue weighted by Crippen LogP contribution is 2.27. The maximum Gasteiger partial charge on any atom is 0.428 e. The van der Waals surface area contributed by atoms with Crippen molar-refractivity contribution < 1.29 is 9.21 Å². The second kappa shape index (κ2) is 7.76. The lowest BCUT2D eigenvalue weighted by Gasteiger charge is -2.06. The van der Waals surface area contributed by atoms with Gasteiger partial charge in [-0.05, 0) is 30.9 Å². The summed E-state index contributed by atoms with van der Waals surface area (Å²) in [5.74, 6) is -0.768. The molecule has 0 atom stereocenters. The minimum atomic E-state index is -0.768. The number of oxazole rings is 1. The second-order valence-corrected chi connectivity index (χ2v) is 6.43. The van der Waals surface area contributed by atoms with E-state index in [0.717, 1.165) is 23.8 Å². The number of aromatic nitrogens is 1. The van der Waals surface area contributed by atoms with Gasteiger partial charge in [-0.1, -0.05) is 53.5 Å². The molecule has 0 unspecified atom stereocenters. The van der Waals surface area contributed by atoms with Crippen LogP contribution >= 0.6 is 23.2 Å². The highest BCUT2D eigenvalue weighted by molar-refractivity contribution is 6.42. The lowest BCUT2D eigenvalue weighted by molar-refractivity contribution is 0.241. The molecule has 0 saturated carbocycles. The normalized spacial score (nSPS) is 11.0. The standard InChI is InChI=1S/C18H16Cl2N2O3/c19-13-10-15-16(11-14(13)20)25-18(24)22(15)17(23)21-9-5-4-8-12-6-2-1-3-7-12/h1-3,6-7,10-11H,4-5,8-9H2,(H,21,23). The molecule has 2 aromatic carbocycles. The van der Waals surface area contributed by atoms with Crippen LogP contribution in [0.1, 0.15) is 18.4 Å². The number of amides is 1. The van der Waals surface area contributed by atoms with Gasteiger partial charge in [-0.25, -0.2) is 9.59 Å². The van der Waals surface area contributed by atoms with Crippen LogP contribution in [0.4, 0.5) is 4.79 Å². The highest BCUT2D eigenvalue weighted by atomic mass is 35.5. The molecule has 3 aromatic rings. The molecule has 0 saturated heterocycles. The molecule has 3 rings (SSSR count). The lowest BCUT2D eigenvalue weighted by Crippen LogP contribution is -2.34. The lowest BCUT2D eigenvalue weighted by atomic mass is 10.1. The van der Waals surface area contributed by atoms with Gasteiger partial charge in [0.05, 0.1) is 10.0 Å². The highest BCUT2D eigenvalue weighted by Gasteiger charge is 2.17. The van der Waals surface area contributed by atoms with E-state index in [4.69, 9.17) is 27.6 Å². The second-order valence-electron chi connectivity index (χ2n) is 5.61. The molecule has 0 spiro atoms. The Labute approximate surface area is 154 Å². The van der Waals surface area contributed by atoms with Crippen LogP contribution in [0.5, 0.6) is 0 Å². The van der Waals surface area contributed by atoms with Gasteiger partial charge in [0, 0.05) is 12.6 Å². The number of rotatable bonds is 5. The first-order valence-electron chi connectivity index (χ1n) is 7.89. The van der Waals surface area contributed by atoms with Crippen LogP contribution in [0.2, 0.25) is 10.0 Å². The van der Waals surface area contributed by atoms with Crippen molar-refractivity contribution in [1.82, 2.24) is 9.88 Å². The van der Waals surface area contributed by atoms with Gasteiger partial charge in [-0.3, -0.25) is 0 Å². The third kappa shape index (κ3) is 4.06. The van der Waals surface area contributed by atoms with Gasteiger partial charge in [0.25, 0.3) is 0 Å². The van der Waals surface area contributed by atoms with Crippen molar-refractivity contribution >= 4 is 40.3 Å². The summed E-state index contributed by atoms with van der Waals surface area (Å²) >= 11 is 11.9. The van der Waals surface area contributed by atoms with Crippen molar-refractivity contribution in [3.05, 3.63) is 68.6 Å². The predicted molar refractivity (Wildman–Crippen MR) is 98.7 cm³/mol. The molecule has 0 aliphatic heterocycles. The molecule has 1 aromatic heterocycles. The molecular formula is C18H16Cl2N2O3. The van der Waals surface area contributed by atoms with Crippen LogP contribution in [-0.2, 0) is 6.42 Å². The van der Waals surface area contributed by atoms with Crippen molar-refractivity contribution in [2.45, 2.75) is 19.3 Å². The van der Waals surface area contributed by atoms with Gasteiger partial charge in [0.2, 0.25) is 0 Å². The maximum absolute atomic E-state index is 12.3. The molecule has 0 radical (unpaired) electrons. The summed E-state index contributed by atoms with van der Waals surface area (Å²) in [4.78, 5) is 24.2. The summed E-state index contributed by atoms with van der Waals surface area (Å²) in [7, 11) is 0. The quantitative estimate of drug-likeness (QED) is 0.665. The van der Waals surface area contributed by atoms with E-state index in [1.165, 1.54) is 17.7 Å². The minimum Gasteiger partial charge on any atom is -0.407 e. The van der Waals surface area contributed by atoms with Crippen LogP contribution in [-0.4, -0.2) is 17.1 Å². The van der Waals surface area contributed by atoms with Crippen LogP contribution in [0.25, 0.3) is 11.1 Å². The number of fused-ring (bicyclic) bond motifs is 1. The van der Waals surface area contributed by atoms with Crippen LogP contribution in [0.3, 0.4) is 0 Å². The topological polar surface area (TPSA) is 64.2 Å². The molecule has 1 heterocycles. The minimum absolute atomic E-state index is 0.221. The number of hydrogen-bond donors (Lipinski definition) is 1. The number of carbonyl (C=O) groups excluding carboxylic acids is 1. The fourth-order valence-electron chi connectivity index (χ4n) is 2.58. The third-order valence-electron chi connectivity index (χ3n) is 3.84. The number of carbonyl (C=O) groups is 1. The van der Waals surface area contributed by atoms with E-state index in [1.54, 1.807) is 0 Å². The number of aryl methyl sites for hydroxylation is 1. The molecule has 0 aliphatic rings. The number of benzene rings is 2. The Hall–Kier alpha value is -2.24. The molecule has 0 fully saturated rings. The monoisotopic (exact) mass is 378 g/mol. The fraction of sp³-hybridized carbons (Fsp3) is 0.222. The summed E-state index contributed by atoms with van der Waals surface area (Å²) in [5, 5.41) is 3.24. The summed E-state index contributed by atoms with van der Waals surface area (Å²) in [6.07, 6.45) is 2.68. The van der Waals surface area contributed by atoms with Gasteiger partial charge in [-0.15, -0.1) is 0 Å². The van der Waals surface area contributed by atoms with E-state index in [0.29, 0.717) is 12.1 Å². The van der Waals surface area contributed by atoms with Crippen molar-refractivity contribution in [2.75, 3.05) is 6.54 Å². The average Bonchev–Trinajstić information content (AvgIpc) is 2.90. The molecule has 0 bridgehead atoms. The summed E-state index contributed by atoms with van der Waals surface area (Å²) in [6.45, 7) is 0.464. The molecule has 5 nitrogen and oxygen atoms in total. The van der Waals surface area contributed by atoms with Crippen LogP contribution in [0, 0.1) is 0 Å². The number of halogens is 2. The number of nitrogens with one attached hydrogen (secondary N) is 1. The van der Waals surface area contributed by atoms with Gasteiger partial charge in [-0.2, -0.15) is 4.57 Å². The SMILES string of the molecule is O=C(NCCCCc1ccccc1)n1c(=O)oc2cc(Cl)c(Cl)cc21. The van der Waals surface area contributed by atoms with Crippen LogP contribution in [0.15, 0.2) is 51.7 Å². The Kier molecular flexibility index (Phi) is 5.46. The van der Waals surface area contributed by atoms with Crippen molar-refractivity contribution in [3.63, 3.8) is 0 Å². The molecule has 7 heteroatoms. The Morgan fingerprint density at radius 2 is 1.80 bits per heavy atom. The predicted octanol–water partition coefficient (Wildman–Crippen LogP) is 4.48. The summed E-state index contributed by atoms with van der Waals surface area (Å²) in [5.41, 5.74) is 1.78. The first-order valence-corrected chi connectivity index (χ1v) is 8.64. The first-order chi connectivity index (χ1) is 12.1. The van der Waals surface area contributed by atoms with Gasteiger partial charge in [0.15, 0.2) is 5.58 Å². The van der Waals surface area contributed by atoms with Crippen LogP contribution < -0.4 is 11.1 Å². The molecule has 0 aliphatic carbocycles. The maximum atomic E-state index is 12.3. The Morgan fingerprint density at radius 1 is 1.08 bits per heavy atom.